The summed E-state index contributed by atoms with van der Waals surface area (Å²) in [5, 5.41) is 0. The second kappa shape index (κ2) is 6.36. The molecular weight excluding hydrogens is 316 g/mol. The van der Waals surface area contributed by atoms with Crippen LogP contribution in [-0.4, -0.2) is 47.0 Å². The van der Waals surface area contributed by atoms with Gasteiger partial charge < -0.3 is 14.5 Å². The fourth-order valence-electron chi connectivity index (χ4n) is 3.98. The number of piperidine rings is 1. The molecule has 0 aromatic heterocycles. The van der Waals surface area contributed by atoms with Crippen molar-refractivity contribution in [3.63, 3.8) is 0 Å². The van der Waals surface area contributed by atoms with Gasteiger partial charge in [-0.25, -0.2) is 4.79 Å². The van der Waals surface area contributed by atoms with E-state index in [2.05, 4.69) is 18.2 Å². The summed E-state index contributed by atoms with van der Waals surface area (Å²) in [6.07, 6.45) is 1.47. The van der Waals surface area contributed by atoms with E-state index >= 15 is 0 Å². The molecule has 1 fully saturated rings. The summed E-state index contributed by atoms with van der Waals surface area (Å²) in [4.78, 5) is 28.1. The molecule has 1 aromatic carbocycles. The zero-order valence-electron chi connectivity index (χ0n) is 15.7. The van der Waals surface area contributed by atoms with Crippen LogP contribution in [-0.2, 0) is 21.5 Å². The Kier molecular flexibility index (Phi) is 4.52. The number of nitrogens with zero attached hydrogens (tertiary/aromatic N) is 2. The van der Waals surface area contributed by atoms with Gasteiger partial charge in [0.2, 0.25) is 5.91 Å². The van der Waals surface area contributed by atoms with Crippen LogP contribution in [0.3, 0.4) is 0 Å². The molecule has 2 amide bonds. The molecule has 0 aliphatic carbocycles. The lowest BCUT2D eigenvalue weighted by molar-refractivity contribution is -0.131. The van der Waals surface area contributed by atoms with Crippen LogP contribution in [0.25, 0.3) is 0 Å². The van der Waals surface area contributed by atoms with Crippen molar-refractivity contribution in [1.82, 2.24) is 9.80 Å². The zero-order chi connectivity index (χ0) is 18.2. The summed E-state index contributed by atoms with van der Waals surface area (Å²) < 4.78 is 5.50. The van der Waals surface area contributed by atoms with Gasteiger partial charge in [0.15, 0.2) is 0 Å². The van der Waals surface area contributed by atoms with Gasteiger partial charge in [-0.05, 0) is 44.7 Å². The minimum absolute atomic E-state index is 0.0565. The monoisotopic (exact) mass is 344 g/mol. The fraction of sp³-hybridized carbons (Fsp3) is 0.600. The van der Waals surface area contributed by atoms with Gasteiger partial charge in [0.25, 0.3) is 0 Å². The number of likely N-dealkylation sites (tertiary alicyclic amines) is 1. The van der Waals surface area contributed by atoms with E-state index in [1.165, 1.54) is 11.1 Å². The van der Waals surface area contributed by atoms with Crippen LogP contribution in [0.15, 0.2) is 24.3 Å². The average molecular weight is 344 g/mol. The number of fused-ring (bicyclic) bond motifs is 2. The molecule has 0 N–H and O–H groups in total. The van der Waals surface area contributed by atoms with Crippen molar-refractivity contribution in [3.05, 3.63) is 35.4 Å². The summed E-state index contributed by atoms with van der Waals surface area (Å²) in [5.74, 6) is 0.114. The van der Waals surface area contributed by atoms with E-state index in [1.54, 1.807) is 11.8 Å². The van der Waals surface area contributed by atoms with Crippen molar-refractivity contribution < 1.29 is 14.3 Å². The molecule has 2 aliphatic heterocycles. The first-order valence-corrected chi connectivity index (χ1v) is 9.02. The third-order valence-corrected chi connectivity index (χ3v) is 5.26. The standard InChI is InChI=1S/C20H28N2O3/c1-15(23)22-13-16-7-5-6-8-17(16)20(14-22)9-11-21(12-10-20)18(24)25-19(2,3)4/h5-8H,9-14H2,1-4H3. The molecule has 0 atom stereocenters. The van der Waals surface area contributed by atoms with Crippen LogP contribution in [0.4, 0.5) is 4.79 Å². The second-order valence-electron chi connectivity index (χ2n) is 8.28. The van der Waals surface area contributed by atoms with Crippen molar-refractivity contribution in [2.24, 2.45) is 0 Å². The Morgan fingerprint density at radius 3 is 2.32 bits per heavy atom. The average Bonchev–Trinajstić information content (AvgIpc) is 2.54. The van der Waals surface area contributed by atoms with Gasteiger partial charge in [-0.3, -0.25) is 4.79 Å². The summed E-state index contributed by atoms with van der Waals surface area (Å²) >= 11 is 0. The van der Waals surface area contributed by atoms with E-state index in [1.807, 2.05) is 31.7 Å². The molecule has 1 spiro atoms. The largest absolute Gasteiger partial charge is 0.444 e. The van der Waals surface area contributed by atoms with E-state index in [0.717, 1.165) is 19.4 Å². The summed E-state index contributed by atoms with van der Waals surface area (Å²) in [5.41, 5.74) is 2.04. The third kappa shape index (κ3) is 3.65. The highest BCUT2D eigenvalue weighted by Gasteiger charge is 2.43. The van der Waals surface area contributed by atoms with E-state index in [-0.39, 0.29) is 17.4 Å². The van der Waals surface area contributed by atoms with Gasteiger partial charge in [-0.15, -0.1) is 0 Å². The molecule has 0 unspecified atom stereocenters. The lowest BCUT2D eigenvalue weighted by Crippen LogP contribution is -2.54. The Bertz CT molecular complexity index is 670. The Morgan fingerprint density at radius 2 is 1.72 bits per heavy atom. The lowest BCUT2D eigenvalue weighted by atomic mass is 9.69. The summed E-state index contributed by atoms with van der Waals surface area (Å²) in [6.45, 7) is 10.0. The first kappa shape index (κ1) is 17.8. The number of hydrogen-bond donors (Lipinski definition) is 0. The maximum Gasteiger partial charge on any atom is 0.410 e. The molecule has 2 heterocycles. The van der Waals surface area contributed by atoms with Crippen LogP contribution in [0.5, 0.6) is 0 Å². The summed E-state index contributed by atoms with van der Waals surface area (Å²) in [7, 11) is 0. The van der Waals surface area contributed by atoms with E-state index in [9.17, 15) is 9.59 Å². The SMILES string of the molecule is CC(=O)N1Cc2ccccc2C2(CCN(C(=O)OC(C)(C)C)CC2)C1. The van der Waals surface area contributed by atoms with Gasteiger partial charge in [-0.2, -0.15) is 0 Å². The molecule has 136 valence electrons. The number of carbonyl (C=O) groups is 2. The predicted molar refractivity (Wildman–Crippen MR) is 96.3 cm³/mol. The highest BCUT2D eigenvalue weighted by atomic mass is 16.6. The minimum atomic E-state index is -0.477. The Balaban J connectivity index is 1.79. The quantitative estimate of drug-likeness (QED) is 0.725. The predicted octanol–water partition coefficient (Wildman–Crippen LogP) is 3.32. The van der Waals surface area contributed by atoms with E-state index < -0.39 is 5.60 Å². The van der Waals surface area contributed by atoms with Crippen LogP contribution >= 0.6 is 0 Å². The van der Waals surface area contributed by atoms with Crippen molar-refractivity contribution in [2.45, 2.75) is 58.1 Å². The fourth-order valence-corrected chi connectivity index (χ4v) is 3.98. The second-order valence-corrected chi connectivity index (χ2v) is 8.28. The van der Waals surface area contributed by atoms with E-state index in [4.69, 9.17) is 4.74 Å². The molecular formula is C20H28N2O3. The van der Waals surface area contributed by atoms with Crippen LogP contribution in [0.2, 0.25) is 0 Å². The molecule has 25 heavy (non-hydrogen) atoms. The van der Waals surface area contributed by atoms with Crippen LogP contribution < -0.4 is 0 Å². The van der Waals surface area contributed by atoms with Crippen molar-refractivity contribution in [3.8, 4) is 0 Å². The number of amides is 2. The normalized spacial score (nSPS) is 19.5. The maximum atomic E-state index is 12.3. The number of carbonyl (C=O) groups excluding carboxylic acids is 2. The smallest absolute Gasteiger partial charge is 0.410 e. The minimum Gasteiger partial charge on any atom is -0.444 e. The molecule has 0 bridgehead atoms. The number of rotatable bonds is 0. The molecule has 0 saturated carbocycles. The van der Waals surface area contributed by atoms with Crippen LogP contribution in [0, 0.1) is 0 Å². The highest BCUT2D eigenvalue weighted by Crippen LogP contribution is 2.42. The first-order chi connectivity index (χ1) is 11.7. The van der Waals surface area contributed by atoms with E-state index in [0.29, 0.717) is 19.6 Å². The van der Waals surface area contributed by atoms with Crippen molar-refractivity contribution >= 4 is 12.0 Å². The van der Waals surface area contributed by atoms with Gasteiger partial charge in [0, 0.05) is 38.5 Å². The maximum absolute atomic E-state index is 12.3. The zero-order valence-corrected chi connectivity index (χ0v) is 15.7. The Hall–Kier alpha value is -2.04. The van der Waals surface area contributed by atoms with Crippen molar-refractivity contribution in [1.29, 1.82) is 0 Å². The molecule has 1 saturated heterocycles. The topological polar surface area (TPSA) is 49.9 Å². The summed E-state index contributed by atoms with van der Waals surface area (Å²) in [6, 6.07) is 8.42. The molecule has 2 aliphatic rings. The molecule has 5 nitrogen and oxygen atoms in total. The third-order valence-electron chi connectivity index (χ3n) is 5.26. The molecule has 3 rings (SSSR count). The number of ether oxygens (including phenoxy) is 1. The highest BCUT2D eigenvalue weighted by molar-refractivity contribution is 5.74. The number of benzene rings is 1. The lowest BCUT2D eigenvalue weighted by Gasteiger charge is -2.48. The molecule has 5 heteroatoms. The Labute approximate surface area is 149 Å². The Morgan fingerprint density at radius 1 is 1.08 bits per heavy atom. The number of hydrogen-bond acceptors (Lipinski definition) is 3. The molecule has 1 aromatic rings. The van der Waals surface area contributed by atoms with Crippen LogP contribution in [0.1, 0.15) is 51.7 Å². The van der Waals surface area contributed by atoms with Crippen molar-refractivity contribution in [2.75, 3.05) is 19.6 Å². The molecule has 0 radical (unpaired) electrons. The van der Waals surface area contributed by atoms with Gasteiger partial charge >= 0.3 is 6.09 Å². The first-order valence-electron chi connectivity index (χ1n) is 9.02. The van der Waals surface area contributed by atoms with Gasteiger partial charge in [0.1, 0.15) is 5.60 Å². The van der Waals surface area contributed by atoms with Gasteiger partial charge in [-0.1, -0.05) is 24.3 Å². The van der Waals surface area contributed by atoms with Gasteiger partial charge in [0.05, 0.1) is 0 Å².